The fourth-order valence-electron chi connectivity index (χ4n) is 2.89. The lowest BCUT2D eigenvalue weighted by atomic mass is 9.97. The molecule has 1 aliphatic rings. The Morgan fingerprint density at radius 2 is 2.04 bits per heavy atom. The zero-order valence-corrected chi connectivity index (χ0v) is 14.2. The second kappa shape index (κ2) is 6.76. The van der Waals surface area contributed by atoms with Crippen LogP contribution in [0.25, 0.3) is 0 Å². The predicted molar refractivity (Wildman–Crippen MR) is 95.0 cm³/mol. The highest BCUT2D eigenvalue weighted by molar-refractivity contribution is 6.13. The Balaban J connectivity index is 1.91. The molecule has 1 atom stereocenters. The Hall–Kier alpha value is -3.15. The molecule has 0 aromatic heterocycles. The Morgan fingerprint density at radius 3 is 2.76 bits per heavy atom. The number of aryl methyl sites for hydroxylation is 1. The SMILES string of the molecule is COC(=O)c1ccc(N=CC2C(=O)Nc3cccc(C)c32)cc1OC. The molecule has 0 saturated heterocycles. The second-order valence-electron chi connectivity index (χ2n) is 5.66. The second-order valence-corrected chi connectivity index (χ2v) is 5.66. The summed E-state index contributed by atoms with van der Waals surface area (Å²) in [5.41, 5.74) is 3.70. The van der Waals surface area contributed by atoms with E-state index in [9.17, 15) is 9.59 Å². The van der Waals surface area contributed by atoms with Crippen molar-refractivity contribution in [1.29, 1.82) is 0 Å². The van der Waals surface area contributed by atoms with Crippen molar-refractivity contribution in [1.82, 2.24) is 0 Å². The van der Waals surface area contributed by atoms with Crippen LogP contribution in [0.15, 0.2) is 41.4 Å². The molecule has 3 rings (SSSR count). The van der Waals surface area contributed by atoms with E-state index in [1.54, 1.807) is 24.4 Å². The molecule has 25 heavy (non-hydrogen) atoms. The number of hydrogen-bond donors (Lipinski definition) is 1. The summed E-state index contributed by atoms with van der Waals surface area (Å²) < 4.78 is 9.94. The number of hydrogen-bond acceptors (Lipinski definition) is 5. The molecular formula is C19H18N2O4. The zero-order chi connectivity index (χ0) is 18.0. The normalized spacial score (nSPS) is 15.8. The number of carbonyl (C=O) groups is 2. The molecule has 2 aromatic carbocycles. The van der Waals surface area contributed by atoms with Crippen LogP contribution in [0.3, 0.4) is 0 Å². The maximum Gasteiger partial charge on any atom is 0.341 e. The highest BCUT2D eigenvalue weighted by atomic mass is 16.5. The number of anilines is 1. The van der Waals surface area contributed by atoms with E-state index >= 15 is 0 Å². The highest BCUT2D eigenvalue weighted by Crippen LogP contribution is 2.34. The summed E-state index contributed by atoms with van der Waals surface area (Å²) in [4.78, 5) is 28.3. The van der Waals surface area contributed by atoms with Crippen molar-refractivity contribution in [3.8, 4) is 5.75 Å². The first-order valence-electron chi connectivity index (χ1n) is 7.76. The van der Waals surface area contributed by atoms with Crippen LogP contribution in [0.2, 0.25) is 0 Å². The molecule has 1 heterocycles. The number of nitrogens with zero attached hydrogens (tertiary/aromatic N) is 1. The summed E-state index contributed by atoms with van der Waals surface area (Å²) >= 11 is 0. The molecule has 6 heteroatoms. The molecule has 1 unspecified atom stereocenters. The predicted octanol–water partition coefficient (Wildman–Crippen LogP) is 3.23. The maximum absolute atomic E-state index is 12.2. The van der Waals surface area contributed by atoms with Crippen LogP contribution in [0.1, 0.15) is 27.4 Å². The fourth-order valence-corrected chi connectivity index (χ4v) is 2.89. The summed E-state index contributed by atoms with van der Waals surface area (Å²) in [6.45, 7) is 1.97. The van der Waals surface area contributed by atoms with Gasteiger partial charge in [-0.1, -0.05) is 12.1 Å². The van der Waals surface area contributed by atoms with Crippen molar-refractivity contribution in [2.45, 2.75) is 12.8 Å². The van der Waals surface area contributed by atoms with Crippen LogP contribution in [0.4, 0.5) is 11.4 Å². The van der Waals surface area contributed by atoms with Gasteiger partial charge in [0.15, 0.2) is 0 Å². The summed E-state index contributed by atoms with van der Waals surface area (Å²) in [5, 5.41) is 2.86. The van der Waals surface area contributed by atoms with Crippen LogP contribution in [-0.4, -0.2) is 32.3 Å². The fraction of sp³-hybridized carbons (Fsp3) is 0.211. The monoisotopic (exact) mass is 338 g/mol. The van der Waals surface area contributed by atoms with Crippen molar-refractivity contribution in [2.75, 3.05) is 19.5 Å². The van der Waals surface area contributed by atoms with Crippen molar-refractivity contribution >= 4 is 29.5 Å². The molecular weight excluding hydrogens is 320 g/mol. The van der Waals surface area contributed by atoms with E-state index in [1.165, 1.54) is 14.2 Å². The minimum Gasteiger partial charge on any atom is -0.496 e. The van der Waals surface area contributed by atoms with Gasteiger partial charge in [0, 0.05) is 18.0 Å². The molecule has 0 saturated carbocycles. The van der Waals surface area contributed by atoms with E-state index in [0.29, 0.717) is 17.0 Å². The molecule has 0 aliphatic carbocycles. The number of benzene rings is 2. The van der Waals surface area contributed by atoms with Crippen molar-refractivity contribution in [2.24, 2.45) is 4.99 Å². The number of fused-ring (bicyclic) bond motifs is 1. The molecule has 0 bridgehead atoms. The molecule has 1 aliphatic heterocycles. The molecule has 6 nitrogen and oxygen atoms in total. The van der Waals surface area contributed by atoms with Crippen molar-refractivity contribution in [3.05, 3.63) is 53.1 Å². The lowest BCUT2D eigenvalue weighted by Crippen LogP contribution is -2.13. The third-order valence-electron chi connectivity index (χ3n) is 4.14. The van der Waals surface area contributed by atoms with Gasteiger partial charge in [0.1, 0.15) is 17.2 Å². The van der Waals surface area contributed by atoms with E-state index in [1.807, 2.05) is 25.1 Å². The lowest BCUT2D eigenvalue weighted by Gasteiger charge is -2.08. The Kier molecular flexibility index (Phi) is 4.52. The van der Waals surface area contributed by atoms with Gasteiger partial charge in [0.05, 0.1) is 19.9 Å². The van der Waals surface area contributed by atoms with E-state index < -0.39 is 11.9 Å². The van der Waals surface area contributed by atoms with E-state index in [2.05, 4.69) is 10.3 Å². The minimum atomic E-state index is -0.480. The first-order valence-corrected chi connectivity index (χ1v) is 7.76. The highest BCUT2D eigenvalue weighted by Gasteiger charge is 2.30. The Labute approximate surface area is 145 Å². The van der Waals surface area contributed by atoms with Crippen molar-refractivity contribution in [3.63, 3.8) is 0 Å². The van der Waals surface area contributed by atoms with Gasteiger partial charge >= 0.3 is 5.97 Å². The van der Waals surface area contributed by atoms with Gasteiger partial charge in [-0.05, 0) is 36.2 Å². The van der Waals surface area contributed by atoms with Gasteiger partial charge < -0.3 is 14.8 Å². The van der Waals surface area contributed by atoms with Gasteiger partial charge in [0.25, 0.3) is 0 Å². The van der Waals surface area contributed by atoms with Gasteiger partial charge in [-0.25, -0.2) is 4.79 Å². The lowest BCUT2D eigenvalue weighted by molar-refractivity contribution is -0.115. The first-order chi connectivity index (χ1) is 12.0. The third-order valence-corrected chi connectivity index (χ3v) is 4.14. The average Bonchev–Trinajstić information content (AvgIpc) is 2.95. The average molecular weight is 338 g/mol. The van der Waals surface area contributed by atoms with Crippen LogP contribution in [0, 0.1) is 6.92 Å². The first kappa shape index (κ1) is 16.7. The van der Waals surface area contributed by atoms with E-state index in [-0.39, 0.29) is 5.91 Å². The van der Waals surface area contributed by atoms with Gasteiger partial charge in [0.2, 0.25) is 5.91 Å². The number of esters is 1. The summed E-state index contributed by atoms with van der Waals surface area (Å²) in [5.74, 6) is -0.658. The summed E-state index contributed by atoms with van der Waals surface area (Å²) in [7, 11) is 2.78. The molecule has 0 radical (unpaired) electrons. The molecule has 128 valence electrons. The minimum absolute atomic E-state index is 0.105. The topological polar surface area (TPSA) is 77.0 Å². The molecule has 1 amide bonds. The zero-order valence-electron chi connectivity index (χ0n) is 14.2. The molecule has 1 N–H and O–H groups in total. The number of methoxy groups -OCH3 is 2. The molecule has 0 spiro atoms. The third kappa shape index (κ3) is 3.10. The Bertz CT molecular complexity index is 874. The largest absolute Gasteiger partial charge is 0.496 e. The van der Waals surface area contributed by atoms with Gasteiger partial charge in [-0.3, -0.25) is 9.79 Å². The van der Waals surface area contributed by atoms with Crippen LogP contribution >= 0.6 is 0 Å². The number of nitrogens with one attached hydrogen (secondary N) is 1. The van der Waals surface area contributed by atoms with E-state index in [0.717, 1.165) is 16.8 Å². The van der Waals surface area contributed by atoms with Crippen LogP contribution in [0.5, 0.6) is 5.75 Å². The summed E-state index contributed by atoms with van der Waals surface area (Å²) in [6.07, 6.45) is 1.61. The summed E-state index contributed by atoms with van der Waals surface area (Å²) in [6, 6.07) is 10.7. The number of rotatable bonds is 4. The number of aliphatic imine (C=N–C) groups is 1. The molecule has 2 aromatic rings. The smallest absolute Gasteiger partial charge is 0.341 e. The van der Waals surface area contributed by atoms with Crippen LogP contribution in [-0.2, 0) is 9.53 Å². The quantitative estimate of drug-likeness (QED) is 0.686. The number of amides is 1. The van der Waals surface area contributed by atoms with Gasteiger partial charge in [-0.15, -0.1) is 0 Å². The van der Waals surface area contributed by atoms with E-state index in [4.69, 9.17) is 9.47 Å². The van der Waals surface area contributed by atoms with Crippen LogP contribution < -0.4 is 10.1 Å². The number of ether oxygens (including phenoxy) is 2. The number of carbonyl (C=O) groups excluding carboxylic acids is 2. The Morgan fingerprint density at radius 1 is 1.24 bits per heavy atom. The van der Waals surface area contributed by atoms with Crippen molar-refractivity contribution < 1.29 is 19.1 Å². The van der Waals surface area contributed by atoms with Gasteiger partial charge in [-0.2, -0.15) is 0 Å². The molecule has 0 fully saturated rings. The standard InChI is InChI=1S/C19H18N2O4/c1-11-5-4-6-15-17(11)14(18(22)21-15)10-20-12-7-8-13(19(23)25-3)16(9-12)24-2/h4-10,14H,1-3H3,(H,21,22). The maximum atomic E-state index is 12.2.